The normalized spacial score (nSPS) is 15.4. The van der Waals surface area contributed by atoms with E-state index >= 15 is 0 Å². The number of hydrogen-bond acceptors (Lipinski definition) is 4. The Labute approximate surface area is 96.4 Å². The summed E-state index contributed by atoms with van der Waals surface area (Å²) in [5.74, 6) is 0. The third kappa shape index (κ3) is 2.81. The van der Waals surface area contributed by atoms with Crippen molar-refractivity contribution in [1.29, 1.82) is 0 Å². The third-order valence-corrected chi connectivity index (χ3v) is 2.79. The van der Waals surface area contributed by atoms with Crippen LogP contribution >= 0.6 is 0 Å². The highest BCUT2D eigenvalue weighted by molar-refractivity contribution is 5.10. The van der Waals surface area contributed by atoms with Gasteiger partial charge in [-0.25, -0.2) is 0 Å². The highest BCUT2D eigenvalue weighted by Crippen LogP contribution is 2.11. The van der Waals surface area contributed by atoms with Gasteiger partial charge in [-0.1, -0.05) is 0 Å². The lowest BCUT2D eigenvalue weighted by Gasteiger charge is -2.14. The van der Waals surface area contributed by atoms with Gasteiger partial charge in [-0.05, 0) is 20.2 Å². The molecule has 2 heterocycles. The summed E-state index contributed by atoms with van der Waals surface area (Å²) < 4.78 is 7.45. The Kier molecular flexibility index (Phi) is 3.93. The minimum absolute atomic E-state index is 0.702. The Hall–Kier alpha value is -0.910. The van der Waals surface area contributed by atoms with Crippen LogP contribution in [-0.4, -0.2) is 48.5 Å². The van der Waals surface area contributed by atoms with Crippen molar-refractivity contribution in [2.45, 2.75) is 19.7 Å². The second-order valence-corrected chi connectivity index (χ2v) is 4.24. The number of likely N-dealkylation sites (N-methyl/N-ethyl adjacent to an activating group) is 2. The maximum Gasteiger partial charge on any atom is 0.0885 e. The molecule has 1 aromatic heterocycles. The molecule has 0 spiro atoms. The van der Waals surface area contributed by atoms with E-state index in [1.165, 1.54) is 5.69 Å². The van der Waals surface area contributed by atoms with E-state index in [-0.39, 0.29) is 0 Å². The number of ether oxygens (including phenoxy) is 1. The quantitative estimate of drug-likeness (QED) is 0.768. The predicted octanol–water partition coefficient (Wildman–Crippen LogP) is 0.0645. The SMILES string of the molecule is CNCCN(C)Cc1cc2n(n1)CCOC2. The number of hydrogen-bond donors (Lipinski definition) is 1. The average Bonchev–Trinajstić information content (AvgIpc) is 2.68. The van der Waals surface area contributed by atoms with Crippen LogP contribution in [0, 0.1) is 0 Å². The fourth-order valence-corrected chi connectivity index (χ4v) is 1.89. The van der Waals surface area contributed by atoms with E-state index in [0.29, 0.717) is 6.61 Å². The zero-order chi connectivity index (χ0) is 11.4. The van der Waals surface area contributed by atoms with Gasteiger partial charge >= 0.3 is 0 Å². The van der Waals surface area contributed by atoms with Gasteiger partial charge in [-0.2, -0.15) is 5.10 Å². The lowest BCUT2D eigenvalue weighted by molar-refractivity contribution is 0.0799. The van der Waals surface area contributed by atoms with Crippen molar-refractivity contribution >= 4 is 0 Å². The predicted molar refractivity (Wildman–Crippen MR) is 62.1 cm³/mol. The molecular weight excluding hydrogens is 204 g/mol. The summed E-state index contributed by atoms with van der Waals surface area (Å²) in [6.07, 6.45) is 0. The van der Waals surface area contributed by atoms with E-state index in [1.807, 2.05) is 7.05 Å². The molecule has 0 amide bonds. The summed E-state index contributed by atoms with van der Waals surface area (Å²) in [5, 5.41) is 7.72. The van der Waals surface area contributed by atoms with E-state index in [4.69, 9.17) is 4.74 Å². The van der Waals surface area contributed by atoms with Crippen molar-refractivity contribution in [3.8, 4) is 0 Å². The van der Waals surface area contributed by atoms with Crippen LogP contribution < -0.4 is 5.32 Å². The second kappa shape index (κ2) is 5.43. The summed E-state index contributed by atoms with van der Waals surface area (Å²) in [6, 6.07) is 2.15. The average molecular weight is 224 g/mol. The molecule has 0 saturated heterocycles. The Balaban J connectivity index is 1.91. The fourth-order valence-electron chi connectivity index (χ4n) is 1.89. The topological polar surface area (TPSA) is 42.3 Å². The molecule has 5 nitrogen and oxygen atoms in total. The molecule has 1 aliphatic rings. The smallest absolute Gasteiger partial charge is 0.0885 e. The first-order valence-electron chi connectivity index (χ1n) is 5.76. The van der Waals surface area contributed by atoms with Gasteiger partial charge in [-0.15, -0.1) is 0 Å². The molecule has 0 fully saturated rings. The first-order chi connectivity index (χ1) is 7.79. The summed E-state index contributed by atoms with van der Waals surface area (Å²) in [7, 11) is 4.09. The number of nitrogens with one attached hydrogen (secondary N) is 1. The van der Waals surface area contributed by atoms with Crippen molar-refractivity contribution < 1.29 is 4.74 Å². The van der Waals surface area contributed by atoms with Crippen molar-refractivity contribution in [2.24, 2.45) is 0 Å². The Bertz CT molecular complexity index is 313. The van der Waals surface area contributed by atoms with E-state index in [2.05, 4.69) is 33.1 Å². The van der Waals surface area contributed by atoms with Gasteiger partial charge < -0.3 is 10.1 Å². The zero-order valence-electron chi connectivity index (χ0n) is 10.1. The number of fused-ring (bicyclic) bond motifs is 1. The Morgan fingerprint density at radius 1 is 1.62 bits per heavy atom. The van der Waals surface area contributed by atoms with Gasteiger partial charge in [-0.3, -0.25) is 9.58 Å². The van der Waals surface area contributed by atoms with Crippen molar-refractivity contribution in [3.05, 3.63) is 17.5 Å². The second-order valence-electron chi connectivity index (χ2n) is 4.24. The number of rotatable bonds is 5. The van der Waals surface area contributed by atoms with Crippen LogP contribution in [-0.2, 0) is 24.4 Å². The first-order valence-corrected chi connectivity index (χ1v) is 5.76. The molecule has 1 N–H and O–H groups in total. The molecule has 16 heavy (non-hydrogen) atoms. The van der Waals surface area contributed by atoms with Crippen LogP contribution in [0.1, 0.15) is 11.4 Å². The number of nitrogens with zero attached hydrogens (tertiary/aromatic N) is 3. The van der Waals surface area contributed by atoms with Gasteiger partial charge in [0.15, 0.2) is 0 Å². The van der Waals surface area contributed by atoms with Crippen LogP contribution in [0.4, 0.5) is 0 Å². The molecule has 0 radical (unpaired) electrons. The molecule has 1 aromatic rings. The standard InChI is InChI=1S/C11H20N4O/c1-12-3-4-14(2)8-10-7-11-9-16-6-5-15(11)13-10/h7,12H,3-6,8-9H2,1-2H3. The molecule has 0 aliphatic carbocycles. The van der Waals surface area contributed by atoms with Crippen molar-refractivity contribution in [1.82, 2.24) is 20.0 Å². The minimum Gasteiger partial charge on any atom is -0.373 e. The molecule has 0 unspecified atom stereocenters. The van der Waals surface area contributed by atoms with Crippen LogP contribution in [0.25, 0.3) is 0 Å². The first kappa shape index (κ1) is 11.6. The lowest BCUT2D eigenvalue weighted by atomic mass is 10.3. The van der Waals surface area contributed by atoms with Gasteiger partial charge in [0.2, 0.25) is 0 Å². The fraction of sp³-hybridized carbons (Fsp3) is 0.727. The molecule has 1 aliphatic heterocycles. The van der Waals surface area contributed by atoms with E-state index in [0.717, 1.165) is 38.5 Å². The van der Waals surface area contributed by atoms with Gasteiger partial charge in [0.05, 0.1) is 31.1 Å². The van der Waals surface area contributed by atoms with E-state index in [1.54, 1.807) is 0 Å². The minimum atomic E-state index is 0.702. The van der Waals surface area contributed by atoms with Crippen LogP contribution in [0.5, 0.6) is 0 Å². The molecule has 90 valence electrons. The van der Waals surface area contributed by atoms with Gasteiger partial charge in [0.1, 0.15) is 0 Å². The van der Waals surface area contributed by atoms with Crippen LogP contribution in [0.3, 0.4) is 0 Å². The molecule has 0 bridgehead atoms. The molecule has 0 aromatic carbocycles. The monoisotopic (exact) mass is 224 g/mol. The highest BCUT2D eigenvalue weighted by atomic mass is 16.5. The van der Waals surface area contributed by atoms with E-state index in [9.17, 15) is 0 Å². The molecular formula is C11H20N4O. The summed E-state index contributed by atoms with van der Waals surface area (Å²) in [4.78, 5) is 2.27. The Morgan fingerprint density at radius 2 is 2.50 bits per heavy atom. The molecule has 5 heteroatoms. The van der Waals surface area contributed by atoms with Gasteiger partial charge in [0, 0.05) is 19.6 Å². The number of aromatic nitrogens is 2. The molecule has 2 rings (SSSR count). The Morgan fingerprint density at radius 3 is 3.25 bits per heavy atom. The van der Waals surface area contributed by atoms with E-state index < -0.39 is 0 Å². The third-order valence-electron chi connectivity index (χ3n) is 2.79. The summed E-state index contributed by atoms with van der Waals surface area (Å²) in [5.41, 5.74) is 2.34. The lowest BCUT2D eigenvalue weighted by Crippen LogP contribution is -2.27. The molecule has 0 atom stereocenters. The maximum absolute atomic E-state index is 5.39. The molecule has 0 saturated carbocycles. The van der Waals surface area contributed by atoms with Crippen molar-refractivity contribution in [3.63, 3.8) is 0 Å². The van der Waals surface area contributed by atoms with Gasteiger partial charge in [0.25, 0.3) is 0 Å². The summed E-state index contributed by atoms with van der Waals surface area (Å²) >= 11 is 0. The van der Waals surface area contributed by atoms with Crippen LogP contribution in [0.2, 0.25) is 0 Å². The zero-order valence-corrected chi connectivity index (χ0v) is 10.1. The summed E-state index contributed by atoms with van der Waals surface area (Å²) in [6.45, 7) is 5.32. The maximum atomic E-state index is 5.39. The highest BCUT2D eigenvalue weighted by Gasteiger charge is 2.13. The van der Waals surface area contributed by atoms with Crippen LogP contribution in [0.15, 0.2) is 6.07 Å². The van der Waals surface area contributed by atoms with Crippen molar-refractivity contribution in [2.75, 3.05) is 33.8 Å². The largest absolute Gasteiger partial charge is 0.373 e.